The number of nitrogens with zero attached hydrogens (tertiary/aromatic N) is 1. The maximum absolute atomic E-state index is 14.6. The lowest BCUT2D eigenvalue weighted by Crippen LogP contribution is -2.24. The van der Waals surface area contributed by atoms with Crippen LogP contribution in [0.3, 0.4) is 0 Å². The number of nitrogens with one attached hydrogen (secondary N) is 1. The summed E-state index contributed by atoms with van der Waals surface area (Å²) in [5.74, 6) is 0.217. The van der Waals surface area contributed by atoms with Crippen molar-refractivity contribution in [1.29, 1.82) is 0 Å². The first-order valence-corrected chi connectivity index (χ1v) is 8.56. The van der Waals surface area contributed by atoms with Crippen molar-refractivity contribution >= 4 is 5.69 Å². The highest BCUT2D eigenvalue weighted by Crippen LogP contribution is 2.45. The minimum atomic E-state index is -0.301. The van der Waals surface area contributed by atoms with E-state index >= 15 is 0 Å². The van der Waals surface area contributed by atoms with E-state index in [0.29, 0.717) is 11.3 Å². The number of ether oxygens (including phenoxy) is 1. The van der Waals surface area contributed by atoms with Crippen molar-refractivity contribution in [2.45, 2.75) is 13.0 Å². The Morgan fingerprint density at radius 3 is 2.80 bits per heavy atom. The number of benzene rings is 2. The van der Waals surface area contributed by atoms with E-state index < -0.39 is 0 Å². The molecule has 2 aromatic rings. The van der Waals surface area contributed by atoms with Gasteiger partial charge in [0, 0.05) is 24.4 Å². The van der Waals surface area contributed by atoms with Crippen LogP contribution in [0.25, 0.3) is 11.1 Å². The first kappa shape index (κ1) is 16.1. The number of hydrogen-bond donors (Lipinski definition) is 2. The number of methoxy groups -OCH3 is 1. The van der Waals surface area contributed by atoms with Crippen molar-refractivity contribution < 1.29 is 9.13 Å². The lowest BCUT2D eigenvalue weighted by Gasteiger charge is -2.28. The molecule has 4 nitrogen and oxygen atoms in total. The Morgan fingerprint density at radius 1 is 1.24 bits per heavy atom. The van der Waals surface area contributed by atoms with Crippen molar-refractivity contribution in [1.82, 2.24) is 4.90 Å². The van der Waals surface area contributed by atoms with E-state index in [9.17, 15) is 4.39 Å². The lowest BCUT2D eigenvalue weighted by molar-refractivity contribution is 0.362. The topological polar surface area (TPSA) is 50.5 Å². The van der Waals surface area contributed by atoms with E-state index in [-0.39, 0.29) is 11.9 Å². The maximum Gasteiger partial charge on any atom is 0.134 e. The largest absolute Gasteiger partial charge is 0.496 e. The predicted octanol–water partition coefficient (Wildman–Crippen LogP) is 3.52. The molecule has 0 spiro atoms. The Kier molecular flexibility index (Phi) is 3.98. The zero-order valence-electron chi connectivity index (χ0n) is 14.5. The number of likely N-dealkylation sites (N-methyl/N-ethyl adjacent to an activating group) is 1. The van der Waals surface area contributed by atoms with Crippen molar-refractivity contribution in [2.24, 2.45) is 5.73 Å². The first-order valence-electron chi connectivity index (χ1n) is 8.56. The summed E-state index contributed by atoms with van der Waals surface area (Å²) in [6, 6.07) is 10.6. The Bertz CT molecular complexity index is 862. The van der Waals surface area contributed by atoms with Gasteiger partial charge in [-0.25, -0.2) is 4.39 Å². The standard InChI is InChI=1S/C20H22FN3O/c1-3-24-10-14-16(11-24)23-20-12(6-4-7-13(20)19(14)22)18-15(21)8-5-9-17(18)25-2/h4-9,19,23H,3,10-11,22H2,1-2H3. The van der Waals surface area contributed by atoms with Gasteiger partial charge in [-0.15, -0.1) is 0 Å². The van der Waals surface area contributed by atoms with Crippen LogP contribution in [0.2, 0.25) is 0 Å². The first-order chi connectivity index (χ1) is 12.1. The van der Waals surface area contributed by atoms with Crippen LogP contribution in [-0.2, 0) is 0 Å². The van der Waals surface area contributed by atoms with E-state index in [4.69, 9.17) is 10.5 Å². The number of rotatable bonds is 3. The quantitative estimate of drug-likeness (QED) is 0.898. The van der Waals surface area contributed by atoms with E-state index in [0.717, 1.165) is 42.1 Å². The zero-order chi connectivity index (χ0) is 17.6. The molecule has 2 heterocycles. The van der Waals surface area contributed by atoms with Gasteiger partial charge in [-0.3, -0.25) is 4.90 Å². The molecule has 25 heavy (non-hydrogen) atoms. The van der Waals surface area contributed by atoms with Crippen LogP contribution in [0.1, 0.15) is 18.5 Å². The fourth-order valence-electron chi connectivity index (χ4n) is 3.80. The van der Waals surface area contributed by atoms with Gasteiger partial charge in [0.15, 0.2) is 0 Å². The Balaban J connectivity index is 1.85. The molecule has 4 rings (SSSR count). The second-order valence-electron chi connectivity index (χ2n) is 6.50. The van der Waals surface area contributed by atoms with Crippen molar-refractivity contribution in [3.63, 3.8) is 0 Å². The van der Waals surface area contributed by atoms with Crippen LogP contribution < -0.4 is 15.8 Å². The SMILES string of the molecule is CCN1CC2=C(C1)C(N)c1cccc(-c3c(F)cccc3OC)c1N2. The van der Waals surface area contributed by atoms with Gasteiger partial charge in [-0.1, -0.05) is 31.2 Å². The molecule has 0 amide bonds. The minimum Gasteiger partial charge on any atom is -0.496 e. The van der Waals surface area contributed by atoms with Crippen molar-refractivity contribution in [2.75, 3.05) is 32.1 Å². The number of fused-ring (bicyclic) bond motifs is 1. The summed E-state index contributed by atoms with van der Waals surface area (Å²) in [4.78, 5) is 2.34. The average Bonchev–Trinajstić information content (AvgIpc) is 3.05. The van der Waals surface area contributed by atoms with Gasteiger partial charge in [-0.2, -0.15) is 0 Å². The maximum atomic E-state index is 14.6. The molecule has 2 aliphatic heterocycles. The molecule has 0 saturated heterocycles. The Labute approximate surface area is 147 Å². The molecular weight excluding hydrogens is 317 g/mol. The summed E-state index contributed by atoms with van der Waals surface area (Å²) in [6.07, 6.45) is 0. The third-order valence-electron chi connectivity index (χ3n) is 5.16. The highest BCUT2D eigenvalue weighted by Gasteiger charge is 2.33. The van der Waals surface area contributed by atoms with Crippen LogP contribution in [-0.4, -0.2) is 31.6 Å². The van der Waals surface area contributed by atoms with Gasteiger partial charge >= 0.3 is 0 Å². The second kappa shape index (κ2) is 6.17. The molecule has 0 aliphatic carbocycles. The van der Waals surface area contributed by atoms with Crippen molar-refractivity contribution in [3.8, 4) is 16.9 Å². The summed E-state index contributed by atoms with van der Waals surface area (Å²) in [7, 11) is 1.56. The van der Waals surface area contributed by atoms with E-state index in [1.54, 1.807) is 19.2 Å². The van der Waals surface area contributed by atoms with Gasteiger partial charge in [0.2, 0.25) is 0 Å². The van der Waals surface area contributed by atoms with Gasteiger partial charge in [0.25, 0.3) is 0 Å². The van der Waals surface area contributed by atoms with Crippen LogP contribution in [0.4, 0.5) is 10.1 Å². The van der Waals surface area contributed by atoms with Gasteiger partial charge in [0.1, 0.15) is 11.6 Å². The fraction of sp³-hybridized carbons (Fsp3) is 0.300. The molecule has 0 aromatic heterocycles. The molecule has 3 N–H and O–H groups in total. The molecule has 1 unspecified atom stereocenters. The average molecular weight is 339 g/mol. The molecule has 0 radical (unpaired) electrons. The molecule has 2 aliphatic rings. The third kappa shape index (κ3) is 2.51. The summed E-state index contributed by atoms with van der Waals surface area (Å²) in [5, 5.41) is 3.53. The minimum absolute atomic E-state index is 0.166. The smallest absolute Gasteiger partial charge is 0.134 e. The molecule has 0 saturated carbocycles. The fourth-order valence-corrected chi connectivity index (χ4v) is 3.80. The number of hydrogen-bond acceptors (Lipinski definition) is 4. The Hall–Kier alpha value is -2.37. The van der Waals surface area contributed by atoms with Gasteiger partial charge in [0.05, 0.1) is 24.4 Å². The number of anilines is 1. The van der Waals surface area contributed by atoms with Crippen LogP contribution in [0.15, 0.2) is 47.7 Å². The molecule has 2 aromatic carbocycles. The molecular formula is C20H22FN3O. The summed E-state index contributed by atoms with van der Waals surface area (Å²) in [5.41, 5.74) is 12.1. The second-order valence-corrected chi connectivity index (χ2v) is 6.50. The van der Waals surface area contributed by atoms with Gasteiger partial charge < -0.3 is 15.8 Å². The zero-order valence-corrected chi connectivity index (χ0v) is 14.5. The van der Waals surface area contributed by atoms with Gasteiger partial charge in [-0.05, 0) is 29.8 Å². The lowest BCUT2D eigenvalue weighted by atomic mass is 9.89. The Morgan fingerprint density at radius 2 is 2.04 bits per heavy atom. The highest BCUT2D eigenvalue weighted by atomic mass is 19.1. The number of nitrogens with two attached hydrogens (primary N) is 1. The normalized spacial score (nSPS) is 19.4. The summed E-state index contributed by atoms with van der Waals surface area (Å²) >= 11 is 0. The van der Waals surface area contributed by atoms with Crippen LogP contribution >= 0.6 is 0 Å². The molecule has 0 bridgehead atoms. The van der Waals surface area contributed by atoms with E-state index in [2.05, 4.69) is 17.1 Å². The summed E-state index contributed by atoms with van der Waals surface area (Å²) in [6.45, 7) is 4.85. The molecule has 1 atom stereocenters. The van der Waals surface area contributed by atoms with Crippen LogP contribution in [0.5, 0.6) is 5.75 Å². The summed E-state index contributed by atoms with van der Waals surface area (Å²) < 4.78 is 20.0. The van der Waals surface area contributed by atoms with E-state index in [1.165, 1.54) is 11.6 Å². The third-order valence-corrected chi connectivity index (χ3v) is 5.16. The number of para-hydroxylation sites is 1. The molecule has 5 heteroatoms. The highest BCUT2D eigenvalue weighted by molar-refractivity contribution is 5.86. The van der Waals surface area contributed by atoms with Crippen molar-refractivity contribution in [3.05, 3.63) is 59.0 Å². The number of halogens is 1. The van der Waals surface area contributed by atoms with Crippen LogP contribution in [0, 0.1) is 5.82 Å². The monoisotopic (exact) mass is 339 g/mol. The predicted molar refractivity (Wildman–Crippen MR) is 98.1 cm³/mol. The molecule has 0 fully saturated rings. The van der Waals surface area contributed by atoms with E-state index in [1.807, 2.05) is 18.2 Å². The molecule has 130 valence electrons.